The van der Waals surface area contributed by atoms with Crippen LogP contribution in [0, 0.1) is 5.82 Å². The summed E-state index contributed by atoms with van der Waals surface area (Å²) in [6.07, 6.45) is 4.75. The maximum absolute atomic E-state index is 14.7. The molecule has 2 aliphatic heterocycles. The molecule has 2 atom stereocenters. The number of likely N-dealkylation sites (tertiary alicyclic amines) is 1. The van der Waals surface area contributed by atoms with Crippen LogP contribution in [0.15, 0.2) is 42.7 Å². The van der Waals surface area contributed by atoms with Crippen LogP contribution in [-0.4, -0.2) is 86.2 Å². The van der Waals surface area contributed by atoms with Crippen molar-refractivity contribution in [2.24, 2.45) is 0 Å². The van der Waals surface area contributed by atoms with E-state index in [2.05, 4.69) is 25.5 Å². The molecule has 5 rings (SSSR count). The topological polar surface area (TPSA) is 107 Å². The number of benzene rings is 2. The first kappa shape index (κ1) is 28.5. The number of ether oxygens (including phenoxy) is 4. The summed E-state index contributed by atoms with van der Waals surface area (Å²) in [4.78, 5) is 23.6. The Morgan fingerprint density at radius 1 is 1.15 bits per heavy atom. The van der Waals surface area contributed by atoms with Crippen LogP contribution in [0.3, 0.4) is 0 Å². The highest BCUT2D eigenvalue weighted by Gasteiger charge is 2.35. The molecule has 0 bridgehead atoms. The number of hydrogen-bond donors (Lipinski definition) is 2. The monoisotopic (exact) mass is 591 g/mol. The minimum absolute atomic E-state index is 0.0720. The number of halogens is 3. The summed E-state index contributed by atoms with van der Waals surface area (Å²) in [6.45, 7) is 3.93. The zero-order chi connectivity index (χ0) is 28.1. The fraction of sp³-hybridized carbons (Fsp3) is 0.370. The van der Waals surface area contributed by atoms with E-state index in [-0.39, 0.29) is 40.5 Å². The smallest absolute Gasteiger partial charge is 0.248 e. The third-order valence-electron chi connectivity index (χ3n) is 6.50. The van der Waals surface area contributed by atoms with E-state index in [9.17, 15) is 9.18 Å². The molecule has 0 saturated carbocycles. The predicted octanol–water partition coefficient (Wildman–Crippen LogP) is 4.44. The Morgan fingerprint density at radius 2 is 1.93 bits per heavy atom. The van der Waals surface area contributed by atoms with Crippen molar-refractivity contribution in [2.45, 2.75) is 12.2 Å². The molecule has 2 aliphatic rings. The van der Waals surface area contributed by atoms with Gasteiger partial charge in [0.25, 0.3) is 0 Å². The number of rotatable bonds is 10. The molecule has 40 heavy (non-hydrogen) atoms. The quantitative estimate of drug-likeness (QED) is 0.201. The molecule has 2 unspecified atom stereocenters. The molecule has 2 N–H and O–H groups in total. The van der Waals surface area contributed by atoms with Gasteiger partial charge in [0.1, 0.15) is 24.5 Å². The van der Waals surface area contributed by atoms with Crippen molar-refractivity contribution in [1.82, 2.24) is 14.9 Å². The molecular weight excluding hydrogens is 564 g/mol. The van der Waals surface area contributed by atoms with E-state index in [0.29, 0.717) is 54.5 Å². The molecule has 13 heteroatoms. The molecule has 0 aliphatic carbocycles. The Kier molecular flexibility index (Phi) is 9.30. The number of amides is 1. The average molecular weight is 592 g/mol. The predicted molar refractivity (Wildman–Crippen MR) is 150 cm³/mol. The minimum Gasteiger partial charge on any atom is -0.489 e. The molecular formula is C27H28Cl2FN5O5. The number of fused-ring (bicyclic) bond motifs is 2. The summed E-state index contributed by atoms with van der Waals surface area (Å²) in [5, 5.41) is 6.22. The van der Waals surface area contributed by atoms with Crippen molar-refractivity contribution in [1.29, 1.82) is 0 Å². The van der Waals surface area contributed by atoms with E-state index >= 15 is 0 Å². The van der Waals surface area contributed by atoms with Crippen LogP contribution < -0.4 is 15.4 Å². The Labute approximate surface area is 240 Å². The first-order valence-corrected chi connectivity index (χ1v) is 13.4. The summed E-state index contributed by atoms with van der Waals surface area (Å²) < 4.78 is 37.2. The SMILES string of the molecule is COCCOc1cc2ncnc(Nc3ccc(Cl)c(Cl)c3F)c2cc1NC(=O)C=CCN1CC2OCCOC2C1. The lowest BCUT2D eigenvalue weighted by molar-refractivity contribution is -0.116. The number of nitrogens with one attached hydrogen (secondary N) is 2. The number of aromatic nitrogens is 2. The molecule has 2 fully saturated rings. The Hall–Kier alpha value is -3.06. The van der Waals surface area contributed by atoms with Gasteiger partial charge in [-0.1, -0.05) is 29.3 Å². The lowest BCUT2D eigenvalue weighted by Gasteiger charge is -2.24. The highest BCUT2D eigenvalue weighted by atomic mass is 35.5. The van der Waals surface area contributed by atoms with Gasteiger partial charge in [-0.3, -0.25) is 9.69 Å². The van der Waals surface area contributed by atoms with Gasteiger partial charge in [-0.25, -0.2) is 14.4 Å². The van der Waals surface area contributed by atoms with E-state index < -0.39 is 5.82 Å². The fourth-order valence-corrected chi connectivity index (χ4v) is 4.87. The largest absolute Gasteiger partial charge is 0.489 e. The average Bonchev–Trinajstić information content (AvgIpc) is 3.37. The van der Waals surface area contributed by atoms with Gasteiger partial charge in [-0.2, -0.15) is 0 Å². The van der Waals surface area contributed by atoms with Crippen molar-refractivity contribution in [2.75, 3.05) is 63.8 Å². The van der Waals surface area contributed by atoms with Crippen molar-refractivity contribution < 1.29 is 28.1 Å². The van der Waals surface area contributed by atoms with E-state index in [4.69, 9.17) is 42.1 Å². The van der Waals surface area contributed by atoms with Crippen LogP contribution in [0.5, 0.6) is 5.75 Å². The highest BCUT2D eigenvalue weighted by molar-refractivity contribution is 6.42. The summed E-state index contributed by atoms with van der Waals surface area (Å²) in [7, 11) is 1.57. The molecule has 2 saturated heterocycles. The normalized spacial score (nSPS) is 19.2. The van der Waals surface area contributed by atoms with E-state index in [0.717, 1.165) is 13.1 Å². The molecule has 3 aromatic rings. The zero-order valence-corrected chi connectivity index (χ0v) is 23.2. The molecule has 1 aromatic heterocycles. The van der Waals surface area contributed by atoms with Gasteiger partial charge in [-0.15, -0.1) is 0 Å². The standard InChI is InChI=1S/C27H28Cl2FN5O5/c1-37-7-8-38-21-12-19-16(27(32-15-31-19)34-18-5-4-17(28)25(29)26(18)30)11-20(21)33-24(36)3-2-6-35-13-22-23(14-35)40-10-9-39-22/h2-5,11-12,15,22-23H,6-10,13-14H2,1H3,(H,33,36)(H,31,32,34). The van der Waals surface area contributed by atoms with E-state index in [1.54, 1.807) is 25.3 Å². The zero-order valence-electron chi connectivity index (χ0n) is 21.7. The lowest BCUT2D eigenvalue weighted by atomic mass is 10.1. The summed E-state index contributed by atoms with van der Waals surface area (Å²) in [6, 6.07) is 6.28. The van der Waals surface area contributed by atoms with Gasteiger partial charge in [0.15, 0.2) is 5.82 Å². The molecule has 10 nitrogen and oxygen atoms in total. The van der Waals surface area contributed by atoms with Gasteiger partial charge < -0.3 is 29.6 Å². The first-order valence-electron chi connectivity index (χ1n) is 12.7. The van der Waals surface area contributed by atoms with Crippen LogP contribution in [0.25, 0.3) is 10.9 Å². The van der Waals surface area contributed by atoms with Gasteiger partial charge in [0, 0.05) is 44.3 Å². The number of nitrogens with zero attached hydrogens (tertiary/aromatic N) is 3. The Balaban J connectivity index is 1.35. The van der Waals surface area contributed by atoms with Crippen molar-refractivity contribution in [3.05, 3.63) is 58.6 Å². The number of anilines is 3. The number of methoxy groups -OCH3 is 1. The maximum atomic E-state index is 14.7. The molecule has 1 amide bonds. The number of carbonyl (C=O) groups excluding carboxylic acids is 1. The second kappa shape index (κ2) is 13.1. The third-order valence-corrected chi connectivity index (χ3v) is 7.28. The fourth-order valence-electron chi connectivity index (χ4n) is 4.56. The first-order chi connectivity index (χ1) is 19.4. The molecule has 0 radical (unpaired) electrons. The maximum Gasteiger partial charge on any atom is 0.248 e. The summed E-state index contributed by atoms with van der Waals surface area (Å²) >= 11 is 11.9. The Morgan fingerprint density at radius 3 is 2.67 bits per heavy atom. The molecule has 0 spiro atoms. The minimum atomic E-state index is -0.713. The van der Waals surface area contributed by atoms with E-state index in [1.165, 1.54) is 24.5 Å². The van der Waals surface area contributed by atoms with Gasteiger partial charge in [-0.05, 0) is 18.2 Å². The number of hydrogen-bond acceptors (Lipinski definition) is 9. The van der Waals surface area contributed by atoms with Crippen LogP contribution in [0.1, 0.15) is 0 Å². The number of carbonyl (C=O) groups is 1. The van der Waals surface area contributed by atoms with Crippen LogP contribution in [0.4, 0.5) is 21.6 Å². The Bertz CT molecular complexity index is 1400. The van der Waals surface area contributed by atoms with E-state index in [1.807, 2.05) is 0 Å². The lowest BCUT2D eigenvalue weighted by Crippen LogP contribution is -2.36. The van der Waals surface area contributed by atoms with Crippen LogP contribution in [-0.2, 0) is 19.0 Å². The summed E-state index contributed by atoms with van der Waals surface area (Å²) in [5.41, 5.74) is 0.986. The van der Waals surface area contributed by atoms with Crippen molar-refractivity contribution in [3.63, 3.8) is 0 Å². The molecule has 212 valence electrons. The highest BCUT2D eigenvalue weighted by Crippen LogP contribution is 2.35. The third kappa shape index (κ3) is 6.63. The van der Waals surface area contributed by atoms with Crippen molar-refractivity contribution in [3.8, 4) is 5.75 Å². The van der Waals surface area contributed by atoms with Crippen LogP contribution >= 0.6 is 23.2 Å². The van der Waals surface area contributed by atoms with Crippen molar-refractivity contribution >= 4 is 57.2 Å². The van der Waals surface area contributed by atoms with Gasteiger partial charge in [0.05, 0.1) is 59.0 Å². The van der Waals surface area contributed by atoms with Gasteiger partial charge in [0.2, 0.25) is 5.91 Å². The summed E-state index contributed by atoms with van der Waals surface area (Å²) in [5.74, 6) is -0.359. The second-order valence-corrected chi connectivity index (χ2v) is 9.99. The second-order valence-electron chi connectivity index (χ2n) is 9.21. The van der Waals surface area contributed by atoms with Crippen LogP contribution in [0.2, 0.25) is 10.0 Å². The molecule has 3 heterocycles. The van der Waals surface area contributed by atoms with Gasteiger partial charge >= 0.3 is 0 Å². The molecule has 2 aromatic carbocycles.